The lowest BCUT2D eigenvalue weighted by molar-refractivity contribution is 0.811. The minimum Gasteiger partial charge on any atom is -0.306 e. The zero-order chi connectivity index (χ0) is 11.2. The standard InChI is InChI=1S/C14H14N2/c1-2-15-9-5-6-12-10-13-7-3-4-8-14(13)16-11-12/h3-4,7-8,10-11,15H,2,9H2,1H3. The first-order chi connectivity index (χ1) is 7.90. The number of aromatic nitrogens is 1. The van der Waals surface area contributed by atoms with Gasteiger partial charge in [0.2, 0.25) is 0 Å². The van der Waals surface area contributed by atoms with Crippen molar-refractivity contribution in [3.63, 3.8) is 0 Å². The predicted octanol–water partition coefficient (Wildman–Crippen LogP) is 2.20. The molecular formula is C14H14N2. The van der Waals surface area contributed by atoms with E-state index in [0.29, 0.717) is 0 Å². The molecule has 2 aromatic rings. The summed E-state index contributed by atoms with van der Waals surface area (Å²) < 4.78 is 0. The fourth-order valence-corrected chi connectivity index (χ4v) is 1.47. The van der Waals surface area contributed by atoms with Gasteiger partial charge in [-0.05, 0) is 18.7 Å². The normalized spacial score (nSPS) is 9.81. The molecule has 2 rings (SSSR count). The maximum Gasteiger partial charge on any atom is 0.0702 e. The minimum absolute atomic E-state index is 0.726. The SMILES string of the molecule is CCNCC#Cc1cnc2ccccc2c1. The number of rotatable bonds is 2. The number of hydrogen-bond donors (Lipinski definition) is 1. The van der Waals surface area contributed by atoms with Gasteiger partial charge < -0.3 is 5.32 Å². The van der Waals surface area contributed by atoms with Crippen LogP contribution >= 0.6 is 0 Å². The average molecular weight is 210 g/mol. The van der Waals surface area contributed by atoms with Gasteiger partial charge in [0.15, 0.2) is 0 Å². The molecule has 0 radical (unpaired) electrons. The van der Waals surface area contributed by atoms with Crippen LogP contribution in [0.5, 0.6) is 0 Å². The molecule has 0 spiro atoms. The Morgan fingerprint density at radius 2 is 2.19 bits per heavy atom. The molecule has 1 aromatic heterocycles. The Labute approximate surface area is 95.7 Å². The van der Waals surface area contributed by atoms with E-state index in [4.69, 9.17) is 0 Å². The van der Waals surface area contributed by atoms with Crippen LogP contribution in [0.4, 0.5) is 0 Å². The van der Waals surface area contributed by atoms with Crippen molar-refractivity contribution >= 4 is 10.9 Å². The maximum atomic E-state index is 4.36. The van der Waals surface area contributed by atoms with Crippen LogP contribution in [0, 0.1) is 11.8 Å². The quantitative estimate of drug-likeness (QED) is 0.607. The predicted molar refractivity (Wildman–Crippen MR) is 67.2 cm³/mol. The zero-order valence-corrected chi connectivity index (χ0v) is 9.33. The van der Waals surface area contributed by atoms with Crippen LogP contribution in [-0.2, 0) is 0 Å². The summed E-state index contributed by atoms with van der Waals surface area (Å²) in [5, 5.41) is 4.30. The van der Waals surface area contributed by atoms with Gasteiger partial charge >= 0.3 is 0 Å². The first-order valence-corrected chi connectivity index (χ1v) is 5.44. The summed E-state index contributed by atoms with van der Waals surface area (Å²) >= 11 is 0. The van der Waals surface area contributed by atoms with Crippen LogP contribution < -0.4 is 5.32 Å². The summed E-state index contributed by atoms with van der Waals surface area (Å²) in [6.07, 6.45) is 1.82. The Balaban J connectivity index is 2.21. The van der Waals surface area contributed by atoms with Gasteiger partial charge in [-0.15, -0.1) is 0 Å². The van der Waals surface area contributed by atoms with Gasteiger partial charge in [-0.25, -0.2) is 0 Å². The van der Waals surface area contributed by atoms with E-state index in [-0.39, 0.29) is 0 Å². The number of pyridine rings is 1. The lowest BCUT2D eigenvalue weighted by Gasteiger charge is -1.96. The van der Waals surface area contributed by atoms with Crippen molar-refractivity contribution in [1.82, 2.24) is 10.3 Å². The lowest BCUT2D eigenvalue weighted by Crippen LogP contribution is -2.11. The molecule has 0 aliphatic heterocycles. The Morgan fingerprint density at radius 3 is 3.06 bits per heavy atom. The topological polar surface area (TPSA) is 24.9 Å². The number of benzene rings is 1. The van der Waals surface area contributed by atoms with Crippen LogP contribution in [0.1, 0.15) is 12.5 Å². The highest BCUT2D eigenvalue weighted by Crippen LogP contribution is 2.11. The third-order valence-electron chi connectivity index (χ3n) is 2.29. The van der Waals surface area contributed by atoms with E-state index >= 15 is 0 Å². The second-order valence-corrected chi connectivity index (χ2v) is 3.50. The van der Waals surface area contributed by atoms with E-state index in [1.807, 2.05) is 24.4 Å². The summed E-state index contributed by atoms with van der Waals surface area (Å²) in [5.74, 6) is 6.16. The lowest BCUT2D eigenvalue weighted by atomic mass is 10.2. The molecule has 80 valence electrons. The highest BCUT2D eigenvalue weighted by Gasteiger charge is 1.93. The fraction of sp³-hybridized carbons (Fsp3) is 0.214. The molecule has 1 N–H and O–H groups in total. The fourth-order valence-electron chi connectivity index (χ4n) is 1.47. The third kappa shape index (κ3) is 2.59. The maximum absolute atomic E-state index is 4.36. The van der Waals surface area contributed by atoms with Crippen molar-refractivity contribution < 1.29 is 0 Å². The average Bonchev–Trinajstić information content (AvgIpc) is 2.34. The molecule has 0 amide bonds. The van der Waals surface area contributed by atoms with Crippen LogP contribution in [0.3, 0.4) is 0 Å². The largest absolute Gasteiger partial charge is 0.306 e. The highest BCUT2D eigenvalue weighted by molar-refractivity contribution is 5.79. The molecule has 0 atom stereocenters. The van der Waals surface area contributed by atoms with Gasteiger partial charge in [0.25, 0.3) is 0 Å². The van der Waals surface area contributed by atoms with E-state index in [1.165, 1.54) is 0 Å². The summed E-state index contributed by atoms with van der Waals surface area (Å²) in [6.45, 7) is 3.74. The Bertz CT molecular complexity index is 535. The van der Waals surface area contributed by atoms with Crippen molar-refractivity contribution in [1.29, 1.82) is 0 Å². The van der Waals surface area contributed by atoms with E-state index < -0.39 is 0 Å². The summed E-state index contributed by atoms with van der Waals surface area (Å²) in [5.41, 5.74) is 1.98. The zero-order valence-electron chi connectivity index (χ0n) is 9.33. The van der Waals surface area contributed by atoms with Gasteiger partial charge in [0.1, 0.15) is 0 Å². The molecule has 1 heterocycles. The molecule has 0 aliphatic carbocycles. The number of fused-ring (bicyclic) bond motifs is 1. The molecule has 1 aromatic carbocycles. The third-order valence-corrected chi connectivity index (χ3v) is 2.29. The van der Waals surface area contributed by atoms with Crippen molar-refractivity contribution in [2.45, 2.75) is 6.92 Å². The molecule has 0 saturated heterocycles. The van der Waals surface area contributed by atoms with E-state index in [9.17, 15) is 0 Å². The Hall–Kier alpha value is -1.85. The summed E-state index contributed by atoms with van der Waals surface area (Å²) in [6, 6.07) is 10.1. The molecular weight excluding hydrogens is 196 g/mol. The number of hydrogen-bond acceptors (Lipinski definition) is 2. The molecule has 0 fully saturated rings. The second kappa shape index (κ2) is 5.29. The van der Waals surface area contributed by atoms with E-state index in [1.54, 1.807) is 0 Å². The smallest absolute Gasteiger partial charge is 0.0702 e. The molecule has 0 bridgehead atoms. The minimum atomic E-state index is 0.726. The van der Waals surface area contributed by atoms with Crippen LogP contribution in [0.2, 0.25) is 0 Å². The molecule has 0 unspecified atom stereocenters. The van der Waals surface area contributed by atoms with Gasteiger partial charge in [0.05, 0.1) is 12.1 Å². The Kier molecular flexibility index (Phi) is 3.53. The monoisotopic (exact) mass is 210 g/mol. The first-order valence-electron chi connectivity index (χ1n) is 5.44. The van der Waals surface area contributed by atoms with Gasteiger partial charge in [-0.2, -0.15) is 0 Å². The molecule has 2 nitrogen and oxygen atoms in total. The van der Waals surface area contributed by atoms with Gasteiger partial charge in [-0.3, -0.25) is 4.98 Å². The first kappa shape index (κ1) is 10.7. The van der Waals surface area contributed by atoms with Crippen molar-refractivity contribution in [3.05, 3.63) is 42.1 Å². The molecule has 0 aliphatic rings. The van der Waals surface area contributed by atoms with Crippen molar-refractivity contribution in [3.8, 4) is 11.8 Å². The number of nitrogens with zero attached hydrogens (tertiary/aromatic N) is 1. The number of nitrogens with one attached hydrogen (secondary N) is 1. The highest BCUT2D eigenvalue weighted by atomic mass is 14.8. The molecule has 2 heteroatoms. The van der Waals surface area contributed by atoms with E-state index in [2.05, 4.69) is 41.2 Å². The van der Waals surface area contributed by atoms with Crippen LogP contribution in [-0.4, -0.2) is 18.1 Å². The summed E-state index contributed by atoms with van der Waals surface area (Å²) in [4.78, 5) is 4.36. The van der Waals surface area contributed by atoms with Gasteiger partial charge in [-0.1, -0.05) is 37.0 Å². The summed E-state index contributed by atoms with van der Waals surface area (Å²) in [7, 11) is 0. The van der Waals surface area contributed by atoms with Crippen molar-refractivity contribution in [2.24, 2.45) is 0 Å². The van der Waals surface area contributed by atoms with Crippen LogP contribution in [0.25, 0.3) is 10.9 Å². The molecule has 0 saturated carbocycles. The molecule has 16 heavy (non-hydrogen) atoms. The second-order valence-electron chi connectivity index (χ2n) is 3.50. The van der Waals surface area contributed by atoms with Gasteiger partial charge in [0, 0.05) is 17.1 Å². The van der Waals surface area contributed by atoms with Crippen molar-refractivity contribution in [2.75, 3.05) is 13.1 Å². The van der Waals surface area contributed by atoms with E-state index in [0.717, 1.165) is 29.6 Å². The number of para-hydroxylation sites is 1. The Morgan fingerprint density at radius 1 is 1.31 bits per heavy atom. The van der Waals surface area contributed by atoms with Crippen LogP contribution in [0.15, 0.2) is 36.5 Å².